The number of likely N-dealkylation sites (tertiary alicyclic amines) is 1. The van der Waals surface area contributed by atoms with E-state index in [-0.39, 0.29) is 29.6 Å². The standard InChI is InChI=1S/C18H22N2O4/c1-11(2)14-10-24-18-6-7-19(15(18)9-16(22)20(14)18)17(23)12-4-3-5-13(21)8-12/h3-5,8,11,14-15,21H,6-7,9-10H2,1-2H3/t14-,15+,18-/m0/s1. The van der Waals surface area contributed by atoms with Crippen molar-refractivity contribution in [3.8, 4) is 5.75 Å². The Morgan fingerprint density at radius 3 is 2.92 bits per heavy atom. The Labute approximate surface area is 141 Å². The van der Waals surface area contributed by atoms with Crippen LogP contribution in [-0.4, -0.2) is 57.7 Å². The molecule has 1 aromatic carbocycles. The van der Waals surface area contributed by atoms with Gasteiger partial charge in [0, 0.05) is 18.5 Å². The summed E-state index contributed by atoms with van der Waals surface area (Å²) in [5, 5.41) is 9.62. The Morgan fingerprint density at radius 2 is 2.21 bits per heavy atom. The predicted molar refractivity (Wildman–Crippen MR) is 86.3 cm³/mol. The third-order valence-corrected chi connectivity index (χ3v) is 5.61. The Balaban J connectivity index is 1.64. The topological polar surface area (TPSA) is 70.1 Å². The summed E-state index contributed by atoms with van der Waals surface area (Å²) in [6, 6.07) is 6.18. The SMILES string of the molecule is CC(C)[C@@H]1CO[C@@]23CCN(C(=O)c4cccc(O)c4)[C@@H]2CC(=O)N13. The summed E-state index contributed by atoms with van der Waals surface area (Å²) in [5.41, 5.74) is -0.213. The van der Waals surface area contributed by atoms with Gasteiger partial charge in [-0.1, -0.05) is 19.9 Å². The first-order valence-electron chi connectivity index (χ1n) is 8.50. The number of carbonyl (C=O) groups is 2. The molecule has 128 valence electrons. The number of aromatic hydroxyl groups is 1. The second-order valence-electron chi connectivity index (χ2n) is 7.25. The predicted octanol–water partition coefficient (Wildman–Crippen LogP) is 1.59. The fraction of sp³-hybridized carbons (Fsp3) is 0.556. The zero-order valence-corrected chi connectivity index (χ0v) is 13.9. The van der Waals surface area contributed by atoms with Crippen LogP contribution in [0.25, 0.3) is 0 Å². The van der Waals surface area contributed by atoms with Crippen LogP contribution in [0, 0.1) is 5.92 Å². The van der Waals surface area contributed by atoms with E-state index < -0.39 is 5.72 Å². The van der Waals surface area contributed by atoms with Gasteiger partial charge in [0.05, 0.1) is 25.1 Å². The smallest absolute Gasteiger partial charge is 0.254 e. The molecule has 1 spiro atoms. The molecule has 3 heterocycles. The molecule has 0 bridgehead atoms. The van der Waals surface area contributed by atoms with Gasteiger partial charge in [0.15, 0.2) is 5.72 Å². The summed E-state index contributed by atoms with van der Waals surface area (Å²) < 4.78 is 6.13. The summed E-state index contributed by atoms with van der Waals surface area (Å²) in [7, 11) is 0. The maximum Gasteiger partial charge on any atom is 0.254 e. The molecule has 0 unspecified atom stereocenters. The highest BCUT2D eigenvalue weighted by atomic mass is 16.5. The van der Waals surface area contributed by atoms with Crippen LogP contribution in [0.4, 0.5) is 0 Å². The van der Waals surface area contributed by atoms with E-state index in [4.69, 9.17) is 4.74 Å². The molecule has 6 nitrogen and oxygen atoms in total. The first kappa shape index (κ1) is 15.4. The van der Waals surface area contributed by atoms with Crippen molar-refractivity contribution < 1.29 is 19.4 Å². The number of ether oxygens (including phenoxy) is 1. The molecular formula is C18H22N2O4. The van der Waals surface area contributed by atoms with E-state index in [9.17, 15) is 14.7 Å². The molecule has 4 rings (SSSR count). The minimum Gasteiger partial charge on any atom is -0.508 e. The second kappa shape index (κ2) is 5.21. The quantitative estimate of drug-likeness (QED) is 0.894. The lowest BCUT2D eigenvalue weighted by atomic mass is 10.0. The molecule has 1 aromatic rings. The van der Waals surface area contributed by atoms with Crippen LogP contribution in [0.2, 0.25) is 0 Å². The van der Waals surface area contributed by atoms with Crippen LogP contribution >= 0.6 is 0 Å². The van der Waals surface area contributed by atoms with Gasteiger partial charge in [0.1, 0.15) is 5.75 Å². The highest BCUT2D eigenvalue weighted by Crippen LogP contribution is 2.49. The van der Waals surface area contributed by atoms with E-state index in [1.165, 1.54) is 12.1 Å². The lowest BCUT2D eigenvalue weighted by Gasteiger charge is -2.34. The maximum absolute atomic E-state index is 12.9. The first-order chi connectivity index (χ1) is 11.4. The molecule has 3 atom stereocenters. The molecule has 3 aliphatic heterocycles. The fourth-order valence-corrected chi connectivity index (χ4v) is 4.42. The van der Waals surface area contributed by atoms with Crippen LogP contribution < -0.4 is 0 Å². The molecule has 3 saturated heterocycles. The van der Waals surface area contributed by atoms with Gasteiger partial charge in [0.25, 0.3) is 5.91 Å². The Kier molecular flexibility index (Phi) is 3.35. The van der Waals surface area contributed by atoms with Crippen LogP contribution in [-0.2, 0) is 9.53 Å². The number of phenols is 1. The van der Waals surface area contributed by atoms with Crippen LogP contribution in [0.15, 0.2) is 24.3 Å². The number of benzene rings is 1. The largest absolute Gasteiger partial charge is 0.508 e. The van der Waals surface area contributed by atoms with Gasteiger partial charge >= 0.3 is 0 Å². The van der Waals surface area contributed by atoms with Crippen LogP contribution in [0.5, 0.6) is 5.75 Å². The van der Waals surface area contributed by atoms with E-state index >= 15 is 0 Å². The molecule has 0 radical (unpaired) electrons. The Bertz CT molecular complexity index is 704. The van der Waals surface area contributed by atoms with Crippen molar-refractivity contribution in [2.75, 3.05) is 13.2 Å². The summed E-state index contributed by atoms with van der Waals surface area (Å²) in [4.78, 5) is 29.1. The maximum atomic E-state index is 12.9. The van der Waals surface area contributed by atoms with Gasteiger partial charge < -0.3 is 19.6 Å². The van der Waals surface area contributed by atoms with Gasteiger partial charge in [0.2, 0.25) is 5.91 Å². The minimum atomic E-state index is -0.654. The van der Waals surface area contributed by atoms with E-state index in [0.29, 0.717) is 37.5 Å². The van der Waals surface area contributed by atoms with Crippen molar-refractivity contribution >= 4 is 11.8 Å². The van der Waals surface area contributed by atoms with Gasteiger partial charge in [-0.3, -0.25) is 9.59 Å². The third-order valence-electron chi connectivity index (χ3n) is 5.61. The summed E-state index contributed by atoms with van der Waals surface area (Å²) in [6.45, 7) is 5.29. The molecule has 3 aliphatic rings. The zero-order valence-electron chi connectivity index (χ0n) is 13.9. The van der Waals surface area contributed by atoms with E-state index in [1.54, 1.807) is 17.0 Å². The monoisotopic (exact) mass is 330 g/mol. The number of hydrogen-bond donors (Lipinski definition) is 1. The van der Waals surface area contributed by atoms with Crippen molar-refractivity contribution in [2.24, 2.45) is 5.92 Å². The summed E-state index contributed by atoms with van der Waals surface area (Å²) in [6.07, 6.45) is 0.963. The van der Waals surface area contributed by atoms with Crippen molar-refractivity contribution in [1.29, 1.82) is 0 Å². The highest BCUT2D eigenvalue weighted by Gasteiger charge is 2.65. The number of carbonyl (C=O) groups excluding carboxylic acids is 2. The highest BCUT2D eigenvalue weighted by molar-refractivity contribution is 5.96. The number of nitrogens with zero attached hydrogens (tertiary/aromatic N) is 2. The molecule has 0 saturated carbocycles. The van der Waals surface area contributed by atoms with Crippen molar-refractivity contribution in [1.82, 2.24) is 9.80 Å². The minimum absolute atomic E-state index is 0.0656. The van der Waals surface area contributed by atoms with Crippen molar-refractivity contribution in [3.63, 3.8) is 0 Å². The normalized spacial score (nSPS) is 31.7. The Morgan fingerprint density at radius 1 is 1.42 bits per heavy atom. The number of rotatable bonds is 2. The van der Waals surface area contributed by atoms with Gasteiger partial charge in [-0.05, 0) is 24.1 Å². The van der Waals surface area contributed by atoms with Gasteiger partial charge in [-0.2, -0.15) is 0 Å². The number of amides is 2. The molecule has 3 fully saturated rings. The van der Waals surface area contributed by atoms with E-state index in [2.05, 4.69) is 13.8 Å². The van der Waals surface area contributed by atoms with Crippen molar-refractivity contribution in [2.45, 2.75) is 44.5 Å². The van der Waals surface area contributed by atoms with E-state index in [1.807, 2.05) is 4.90 Å². The molecule has 2 amide bonds. The lowest BCUT2D eigenvalue weighted by molar-refractivity contribution is -0.139. The zero-order chi connectivity index (χ0) is 17.1. The molecular weight excluding hydrogens is 308 g/mol. The number of hydrogen-bond acceptors (Lipinski definition) is 4. The summed E-state index contributed by atoms with van der Waals surface area (Å²) in [5.74, 6) is 0.308. The lowest BCUT2D eigenvalue weighted by Crippen LogP contribution is -2.51. The van der Waals surface area contributed by atoms with Crippen LogP contribution in [0.3, 0.4) is 0 Å². The third kappa shape index (κ3) is 1.99. The van der Waals surface area contributed by atoms with E-state index in [0.717, 1.165) is 0 Å². The first-order valence-corrected chi connectivity index (χ1v) is 8.50. The Hall–Kier alpha value is -2.08. The average molecular weight is 330 g/mol. The molecule has 24 heavy (non-hydrogen) atoms. The summed E-state index contributed by atoms with van der Waals surface area (Å²) >= 11 is 0. The second-order valence-corrected chi connectivity index (χ2v) is 7.25. The molecule has 0 aromatic heterocycles. The average Bonchev–Trinajstić information content (AvgIpc) is 3.16. The number of phenolic OH excluding ortho intramolecular Hbond substituents is 1. The molecule has 1 N–H and O–H groups in total. The molecule has 0 aliphatic carbocycles. The molecule has 6 heteroatoms. The van der Waals surface area contributed by atoms with Gasteiger partial charge in [-0.15, -0.1) is 0 Å². The van der Waals surface area contributed by atoms with Crippen molar-refractivity contribution in [3.05, 3.63) is 29.8 Å². The fourth-order valence-electron chi connectivity index (χ4n) is 4.42. The van der Waals surface area contributed by atoms with Crippen LogP contribution in [0.1, 0.15) is 37.0 Å². The van der Waals surface area contributed by atoms with Gasteiger partial charge in [-0.25, -0.2) is 0 Å².